The SMILES string of the molecule is CC(=O)O.C[C@]12CCC(O)(O)CC1CC[C@@H]1[C@@H]2CC[C@]2(C)C(=O)CC[C@@H]12. The number of ketones is 1. The van der Waals surface area contributed by atoms with Gasteiger partial charge in [-0.3, -0.25) is 9.59 Å². The smallest absolute Gasteiger partial charge is 0.300 e. The molecule has 0 amide bonds. The lowest BCUT2D eigenvalue weighted by Crippen LogP contribution is -2.55. The average molecular weight is 366 g/mol. The molecule has 0 aromatic rings. The van der Waals surface area contributed by atoms with Crippen molar-refractivity contribution in [3.05, 3.63) is 0 Å². The second kappa shape index (κ2) is 6.59. The lowest BCUT2D eigenvalue weighted by molar-refractivity contribution is -0.232. The fourth-order valence-corrected chi connectivity index (χ4v) is 7.00. The van der Waals surface area contributed by atoms with Crippen LogP contribution in [-0.4, -0.2) is 32.9 Å². The quantitative estimate of drug-likeness (QED) is 0.571. The highest BCUT2D eigenvalue weighted by atomic mass is 16.5. The van der Waals surface area contributed by atoms with Gasteiger partial charge in [-0.1, -0.05) is 13.8 Å². The summed E-state index contributed by atoms with van der Waals surface area (Å²) in [7, 11) is 0. The number of aliphatic carboxylic acids is 1. The number of aliphatic hydroxyl groups is 2. The number of carbonyl (C=O) groups is 2. The molecule has 26 heavy (non-hydrogen) atoms. The van der Waals surface area contributed by atoms with Crippen molar-refractivity contribution >= 4 is 11.8 Å². The van der Waals surface area contributed by atoms with E-state index in [1.807, 2.05) is 0 Å². The summed E-state index contributed by atoms with van der Waals surface area (Å²) in [6, 6.07) is 0. The minimum Gasteiger partial charge on any atom is -0.481 e. The Hall–Kier alpha value is -0.940. The van der Waals surface area contributed by atoms with Crippen molar-refractivity contribution in [1.29, 1.82) is 0 Å². The highest BCUT2D eigenvalue weighted by molar-refractivity contribution is 5.87. The van der Waals surface area contributed by atoms with Crippen molar-refractivity contribution in [2.45, 2.75) is 84.3 Å². The molecule has 0 bridgehead atoms. The van der Waals surface area contributed by atoms with Crippen LogP contribution in [0.1, 0.15) is 78.6 Å². The Balaban J connectivity index is 0.000000447. The second-order valence-electron chi connectivity index (χ2n) is 9.78. The highest BCUT2D eigenvalue weighted by Gasteiger charge is 2.61. The van der Waals surface area contributed by atoms with Gasteiger partial charge in [-0.05, 0) is 67.6 Å². The van der Waals surface area contributed by atoms with Gasteiger partial charge in [0.25, 0.3) is 5.97 Å². The Bertz CT molecular complexity index is 581. The average Bonchev–Trinajstić information content (AvgIpc) is 2.83. The monoisotopic (exact) mass is 366 g/mol. The van der Waals surface area contributed by atoms with Crippen LogP contribution in [0.15, 0.2) is 0 Å². The maximum absolute atomic E-state index is 12.4. The van der Waals surface area contributed by atoms with Gasteiger partial charge in [0, 0.05) is 31.6 Å². The molecule has 4 aliphatic carbocycles. The molecular formula is C21H34O5. The van der Waals surface area contributed by atoms with Crippen LogP contribution in [0, 0.1) is 34.5 Å². The summed E-state index contributed by atoms with van der Waals surface area (Å²) >= 11 is 0. The van der Waals surface area contributed by atoms with E-state index in [1.165, 1.54) is 12.8 Å². The van der Waals surface area contributed by atoms with E-state index in [0.29, 0.717) is 42.3 Å². The predicted octanol–water partition coefficient (Wildman–Crippen LogP) is 3.37. The van der Waals surface area contributed by atoms with Crippen LogP contribution in [0.3, 0.4) is 0 Å². The first-order valence-electron chi connectivity index (χ1n) is 10.2. The van der Waals surface area contributed by atoms with Gasteiger partial charge >= 0.3 is 0 Å². The molecule has 4 fully saturated rings. The number of rotatable bonds is 0. The number of hydrogen-bond donors (Lipinski definition) is 3. The molecule has 1 unspecified atom stereocenters. The summed E-state index contributed by atoms with van der Waals surface area (Å²) in [5.41, 5.74) is 0.210. The van der Waals surface area contributed by atoms with Crippen LogP contribution in [0.4, 0.5) is 0 Å². The molecule has 0 aromatic carbocycles. The van der Waals surface area contributed by atoms with Crippen LogP contribution in [-0.2, 0) is 9.59 Å². The molecule has 148 valence electrons. The number of fused-ring (bicyclic) bond motifs is 5. The van der Waals surface area contributed by atoms with Gasteiger partial charge in [-0.2, -0.15) is 0 Å². The summed E-state index contributed by atoms with van der Waals surface area (Å²) in [5, 5.41) is 27.5. The molecule has 0 heterocycles. The summed E-state index contributed by atoms with van der Waals surface area (Å²) in [4.78, 5) is 21.4. The largest absolute Gasteiger partial charge is 0.481 e. The van der Waals surface area contributed by atoms with Crippen molar-refractivity contribution in [1.82, 2.24) is 0 Å². The standard InChI is InChI=1S/C19H30O3.C2H4O2/c1-17-9-10-19(21,22)11-12(17)3-4-13-14-5-6-16(20)18(14,2)8-7-15(13)17;1-2(3)4/h12-15,21-22H,3-11H2,1-2H3;1H3,(H,3,4)/t12?,13-,14-,15-,17-,18-;/m0./s1. The van der Waals surface area contributed by atoms with Crippen molar-refractivity contribution in [2.24, 2.45) is 34.5 Å². The van der Waals surface area contributed by atoms with Gasteiger partial charge in [-0.25, -0.2) is 0 Å². The molecule has 4 saturated carbocycles. The third-order valence-corrected chi connectivity index (χ3v) is 8.41. The molecule has 0 aliphatic heterocycles. The predicted molar refractivity (Wildman–Crippen MR) is 97.2 cm³/mol. The number of Topliss-reactive ketones (excluding diaryl/α,β-unsaturated/α-hetero) is 1. The van der Waals surface area contributed by atoms with Crippen LogP contribution in [0.25, 0.3) is 0 Å². The zero-order valence-electron chi connectivity index (χ0n) is 16.3. The van der Waals surface area contributed by atoms with E-state index in [9.17, 15) is 15.0 Å². The van der Waals surface area contributed by atoms with Gasteiger partial charge < -0.3 is 15.3 Å². The van der Waals surface area contributed by atoms with Crippen LogP contribution in [0.2, 0.25) is 0 Å². The molecule has 4 aliphatic rings. The molecule has 4 rings (SSSR count). The van der Waals surface area contributed by atoms with Crippen molar-refractivity contribution < 1.29 is 24.9 Å². The lowest BCUT2D eigenvalue weighted by atomic mass is 9.45. The number of carboxylic acids is 1. The maximum atomic E-state index is 12.4. The van der Waals surface area contributed by atoms with E-state index < -0.39 is 11.8 Å². The molecule has 5 nitrogen and oxygen atoms in total. The van der Waals surface area contributed by atoms with Gasteiger partial charge in [0.2, 0.25) is 0 Å². The number of carboxylic acid groups (broad SMARTS) is 1. The van der Waals surface area contributed by atoms with E-state index in [1.54, 1.807) is 0 Å². The zero-order chi connectivity index (χ0) is 19.3. The van der Waals surface area contributed by atoms with E-state index in [2.05, 4.69) is 13.8 Å². The molecule has 5 heteroatoms. The normalized spacial score (nSPS) is 46.3. The van der Waals surface area contributed by atoms with Gasteiger partial charge in [-0.15, -0.1) is 0 Å². The van der Waals surface area contributed by atoms with Crippen LogP contribution < -0.4 is 0 Å². The number of hydrogen-bond acceptors (Lipinski definition) is 4. The fourth-order valence-electron chi connectivity index (χ4n) is 7.00. The minimum atomic E-state index is -1.44. The molecule has 0 radical (unpaired) electrons. The Kier molecular flexibility index (Phi) is 5.02. The first kappa shape index (κ1) is 19.8. The molecule has 0 aromatic heterocycles. The first-order chi connectivity index (χ1) is 12.0. The third-order valence-electron chi connectivity index (χ3n) is 8.41. The van der Waals surface area contributed by atoms with Crippen molar-refractivity contribution in [2.75, 3.05) is 0 Å². The van der Waals surface area contributed by atoms with Crippen LogP contribution in [0.5, 0.6) is 0 Å². The Morgan fingerprint density at radius 1 is 1.00 bits per heavy atom. The Morgan fingerprint density at radius 2 is 1.65 bits per heavy atom. The molecule has 0 spiro atoms. The molecule has 6 atom stereocenters. The summed E-state index contributed by atoms with van der Waals surface area (Å²) < 4.78 is 0. The third kappa shape index (κ3) is 3.22. The highest BCUT2D eigenvalue weighted by Crippen LogP contribution is 2.65. The Morgan fingerprint density at radius 3 is 2.31 bits per heavy atom. The number of carbonyl (C=O) groups excluding carboxylic acids is 1. The molecule has 0 saturated heterocycles. The topological polar surface area (TPSA) is 94.8 Å². The van der Waals surface area contributed by atoms with E-state index in [-0.39, 0.29) is 10.8 Å². The Labute approximate surface area is 156 Å². The van der Waals surface area contributed by atoms with Crippen molar-refractivity contribution in [3.8, 4) is 0 Å². The van der Waals surface area contributed by atoms with E-state index >= 15 is 0 Å². The van der Waals surface area contributed by atoms with E-state index in [0.717, 1.165) is 39.0 Å². The van der Waals surface area contributed by atoms with Gasteiger partial charge in [0.15, 0.2) is 5.79 Å². The first-order valence-corrected chi connectivity index (χ1v) is 10.2. The van der Waals surface area contributed by atoms with Crippen LogP contribution >= 0.6 is 0 Å². The van der Waals surface area contributed by atoms with E-state index in [4.69, 9.17) is 9.90 Å². The van der Waals surface area contributed by atoms with Gasteiger partial charge in [0.1, 0.15) is 5.78 Å². The molecule has 3 N–H and O–H groups in total. The van der Waals surface area contributed by atoms with Gasteiger partial charge in [0.05, 0.1) is 0 Å². The fraction of sp³-hybridized carbons (Fsp3) is 0.905. The summed E-state index contributed by atoms with van der Waals surface area (Å²) in [6.07, 6.45) is 8.42. The lowest BCUT2D eigenvalue weighted by Gasteiger charge is -2.60. The van der Waals surface area contributed by atoms with Crippen molar-refractivity contribution in [3.63, 3.8) is 0 Å². The second-order valence-corrected chi connectivity index (χ2v) is 9.78. The molecular weight excluding hydrogens is 332 g/mol. The summed E-state index contributed by atoms with van der Waals surface area (Å²) in [5.74, 6) is 0.647. The summed E-state index contributed by atoms with van der Waals surface area (Å²) in [6.45, 7) is 5.72. The minimum absolute atomic E-state index is 0.0449. The maximum Gasteiger partial charge on any atom is 0.300 e. The zero-order valence-corrected chi connectivity index (χ0v) is 16.3.